The van der Waals surface area contributed by atoms with Gasteiger partial charge in [-0.2, -0.15) is 0 Å². The van der Waals surface area contributed by atoms with E-state index >= 15 is 0 Å². The summed E-state index contributed by atoms with van der Waals surface area (Å²) in [5, 5.41) is 0. The predicted molar refractivity (Wildman–Crippen MR) is 81.6 cm³/mol. The van der Waals surface area contributed by atoms with Crippen molar-refractivity contribution in [1.82, 2.24) is 11.1 Å². The van der Waals surface area contributed by atoms with Crippen molar-refractivity contribution in [1.29, 1.82) is 0 Å². The van der Waals surface area contributed by atoms with Crippen LogP contribution in [-0.2, 0) is 0 Å². The van der Waals surface area contributed by atoms with E-state index in [9.17, 15) is 0 Å². The summed E-state index contributed by atoms with van der Waals surface area (Å²) in [4.78, 5) is 0. The molecule has 0 aromatic heterocycles. The van der Waals surface area contributed by atoms with E-state index in [1.54, 1.807) is 0 Å². The first-order valence-corrected chi connectivity index (χ1v) is 12.0. The van der Waals surface area contributed by atoms with Crippen LogP contribution in [0.1, 0.15) is 0 Å². The minimum Gasteiger partial charge on any atom is -0.209 e. The zero-order valence-corrected chi connectivity index (χ0v) is 14.0. The largest absolute Gasteiger partial charge is 0.209 e. The Morgan fingerprint density at radius 3 is 0.733 bits per heavy atom. The van der Waals surface area contributed by atoms with E-state index in [4.69, 9.17) is 0 Å². The standard InChI is InChI=1S/C9H27N3S3/c1-10-13(4,5)11(2)15(8,9)12(3)14(10,6)7/h1-9H3. The molecule has 6 heteroatoms. The average molecular weight is 274 g/mol. The zero-order chi connectivity index (χ0) is 12.2. The molecule has 1 heterocycles. The van der Waals surface area contributed by atoms with Gasteiger partial charge in [-0.05, 0) is 37.5 Å². The van der Waals surface area contributed by atoms with Crippen LogP contribution in [0.4, 0.5) is 0 Å². The normalized spacial score (nSPS) is 38.2. The van der Waals surface area contributed by atoms with Gasteiger partial charge in [0.1, 0.15) is 0 Å². The van der Waals surface area contributed by atoms with Gasteiger partial charge in [0, 0.05) is 21.1 Å². The molecule has 0 aromatic carbocycles. The summed E-state index contributed by atoms with van der Waals surface area (Å²) in [6.45, 7) is 0. The van der Waals surface area contributed by atoms with Crippen LogP contribution >= 0.6 is 31.2 Å². The number of hydrogen-bond acceptors (Lipinski definition) is 3. The van der Waals surface area contributed by atoms with Crippen molar-refractivity contribution in [3.8, 4) is 0 Å². The molecular formula is C9H27N3S3. The molecule has 0 radical (unpaired) electrons. The highest BCUT2D eigenvalue weighted by Gasteiger charge is 2.47. The van der Waals surface area contributed by atoms with Gasteiger partial charge in [-0.1, -0.05) is 0 Å². The van der Waals surface area contributed by atoms with Crippen LogP contribution < -0.4 is 0 Å². The quantitative estimate of drug-likeness (QED) is 0.671. The maximum Gasteiger partial charge on any atom is 0.00798 e. The second-order valence-electron chi connectivity index (χ2n) is 4.98. The van der Waals surface area contributed by atoms with Crippen LogP contribution in [-0.4, -0.2) is 69.8 Å². The Balaban J connectivity index is 3.24. The van der Waals surface area contributed by atoms with Gasteiger partial charge in [0.25, 0.3) is 0 Å². The molecular weight excluding hydrogens is 246 g/mol. The summed E-state index contributed by atoms with van der Waals surface area (Å²) in [5.41, 5.74) is 0. The van der Waals surface area contributed by atoms with E-state index in [0.717, 1.165) is 0 Å². The van der Waals surface area contributed by atoms with Crippen molar-refractivity contribution in [2.24, 2.45) is 0 Å². The lowest BCUT2D eigenvalue weighted by Gasteiger charge is -2.72. The molecule has 96 valence electrons. The summed E-state index contributed by atoms with van der Waals surface area (Å²) in [7, 11) is 4.48. The van der Waals surface area contributed by atoms with Gasteiger partial charge in [0.2, 0.25) is 0 Å². The second-order valence-corrected chi connectivity index (χ2v) is 16.3. The molecule has 0 aliphatic carbocycles. The fourth-order valence-corrected chi connectivity index (χ4v) is 15.7. The van der Waals surface area contributed by atoms with Crippen molar-refractivity contribution in [2.45, 2.75) is 0 Å². The molecule has 0 saturated carbocycles. The Morgan fingerprint density at radius 2 is 0.600 bits per heavy atom. The van der Waals surface area contributed by atoms with Gasteiger partial charge in [-0.3, -0.25) is 0 Å². The van der Waals surface area contributed by atoms with Crippen molar-refractivity contribution < 1.29 is 0 Å². The molecule has 1 saturated heterocycles. The smallest absolute Gasteiger partial charge is 0.00798 e. The minimum atomic E-state index is -0.789. The van der Waals surface area contributed by atoms with Gasteiger partial charge in [-0.25, -0.2) is 11.1 Å². The lowest BCUT2D eigenvalue weighted by Crippen LogP contribution is -2.50. The van der Waals surface area contributed by atoms with Crippen LogP contribution in [0.2, 0.25) is 0 Å². The molecule has 3 nitrogen and oxygen atoms in total. The first kappa shape index (κ1) is 14.0. The number of rotatable bonds is 0. The van der Waals surface area contributed by atoms with Crippen molar-refractivity contribution >= 4 is 31.2 Å². The van der Waals surface area contributed by atoms with E-state index in [0.29, 0.717) is 0 Å². The van der Waals surface area contributed by atoms with E-state index in [2.05, 4.69) is 69.8 Å². The van der Waals surface area contributed by atoms with E-state index in [1.807, 2.05) is 0 Å². The molecule has 1 rings (SSSR count). The molecule has 0 atom stereocenters. The Labute approximate surface area is 101 Å². The highest BCUT2D eigenvalue weighted by molar-refractivity contribution is 8.55. The third-order valence-electron chi connectivity index (χ3n) is 3.78. The summed E-state index contributed by atoms with van der Waals surface area (Å²) in [5.74, 6) is 0. The summed E-state index contributed by atoms with van der Waals surface area (Å²) in [6.07, 6.45) is 14.4. The number of hydrogen-bond donors (Lipinski definition) is 0. The van der Waals surface area contributed by atoms with Crippen LogP contribution in [0.25, 0.3) is 0 Å². The Kier molecular flexibility index (Phi) is 3.46. The Bertz CT molecular complexity index is 205. The average Bonchev–Trinajstić information content (AvgIpc) is 2.12. The van der Waals surface area contributed by atoms with Crippen LogP contribution in [0.3, 0.4) is 0 Å². The molecule has 0 aromatic rings. The first-order chi connectivity index (χ1) is 6.46. The van der Waals surface area contributed by atoms with Gasteiger partial charge < -0.3 is 0 Å². The monoisotopic (exact) mass is 273 g/mol. The van der Waals surface area contributed by atoms with Crippen molar-refractivity contribution in [3.05, 3.63) is 0 Å². The Hall–Kier alpha value is 0.930. The maximum atomic E-state index is 2.61. The van der Waals surface area contributed by atoms with E-state index in [-0.39, 0.29) is 0 Å². The molecule has 0 spiro atoms. The van der Waals surface area contributed by atoms with E-state index < -0.39 is 31.2 Å². The summed E-state index contributed by atoms with van der Waals surface area (Å²) < 4.78 is 7.83. The van der Waals surface area contributed by atoms with E-state index in [1.165, 1.54) is 0 Å². The molecule has 0 N–H and O–H groups in total. The molecule has 1 aliphatic rings. The molecule has 0 amide bonds. The van der Waals surface area contributed by atoms with Crippen molar-refractivity contribution in [3.63, 3.8) is 0 Å². The predicted octanol–water partition coefficient (Wildman–Crippen LogP) is 2.48. The molecule has 1 fully saturated rings. The van der Waals surface area contributed by atoms with Crippen LogP contribution in [0.5, 0.6) is 0 Å². The first-order valence-electron chi connectivity index (χ1n) is 4.89. The fraction of sp³-hybridized carbons (Fsp3) is 1.00. The van der Waals surface area contributed by atoms with Crippen LogP contribution in [0, 0.1) is 0 Å². The highest BCUT2D eigenvalue weighted by atomic mass is 32.4. The third kappa shape index (κ3) is 1.83. The van der Waals surface area contributed by atoms with Gasteiger partial charge in [0.05, 0.1) is 0 Å². The summed E-state index contributed by atoms with van der Waals surface area (Å²) >= 11 is 0. The third-order valence-corrected chi connectivity index (χ3v) is 17.9. The zero-order valence-electron chi connectivity index (χ0n) is 11.6. The fourth-order valence-electron chi connectivity index (χ4n) is 1.82. The minimum absolute atomic E-state index is 0.789. The molecule has 0 bridgehead atoms. The lowest BCUT2D eigenvalue weighted by atomic mass is 11.6. The molecule has 1 aliphatic heterocycles. The molecule has 0 unspecified atom stereocenters. The van der Waals surface area contributed by atoms with Crippen LogP contribution in [0.15, 0.2) is 0 Å². The number of nitrogens with zero attached hydrogens (tertiary/aromatic N) is 3. The van der Waals surface area contributed by atoms with Gasteiger partial charge >= 0.3 is 0 Å². The second kappa shape index (κ2) is 3.71. The Morgan fingerprint density at radius 1 is 0.467 bits per heavy atom. The van der Waals surface area contributed by atoms with Crippen molar-refractivity contribution in [2.75, 3.05) is 58.7 Å². The van der Waals surface area contributed by atoms with Gasteiger partial charge in [0.15, 0.2) is 0 Å². The SMILES string of the molecule is CN1S(C)(C)N(C)S(C)(C)N(C)S1(C)C. The summed E-state index contributed by atoms with van der Waals surface area (Å²) in [6, 6.07) is 0. The van der Waals surface area contributed by atoms with Gasteiger partial charge in [-0.15, -0.1) is 31.2 Å². The lowest BCUT2D eigenvalue weighted by molar-refractivity contribution is 0.684. The topological polar surface area (TPSA) is 9.72 Å². The molecule has 15 heavy (non-hydrogen) atoms. The highest BCUT2D eigenvalue weighted by Crippen LogP contribution is 2.78. The maximum absolute atomic E-state index is 2.61.